The number of amides is 3. The van der Waals surface area contributed by atoms with Crippen molar-refractivity contribution in [2.45, 2.75) is 76.8 Å². The van der Waals surface area contributed by atoms with Crippen LogP contribution in [0.5, 0.6) is 0 Å². The Bertz CT molecular complexity index is 1720. The minimum atomic E-state index is -4.07. The molecular weight excluding hydrogens is 673 g/mol. The number of carbonyl (C=O) groups is 2. The summed E-state index contributed by atoms with van der Waals surface area (Å²) < 4.78 is 29.0. The second kappa shape index (κ2) is 18.2. The molecule has 0 aliphatic carbocycles. The lowest BCUT2D eigenvalue weighted by atomic mass is 9.95. The maximum atomic E-state index is 14.3. The molecule has 4 rings (SSSR count). The molecule has 0 saturated carbocycles. The molecule has 14 heteroatoms. The molecule has 3 amide bonds. The third kappa shape index (κ3) is 10.3. The number of hydrogen-bond acceptors (Lipinski definition) is 9. The number of aliphatic hydroxyl groups excluding tert-OH is 2. The van der Waals surface area contributed by atoms with E-state index in [1.165, 1.54) is 34.8 Å². The average molecular weight is 723 g/mol. The van der Waals surface area contributed by atoms with Crippen molar-refractivity contribution in [1.29, 1.82) is 0 Å². The van der Waals surface area contributed by atoms with Crippen LogP contribution in [0.1, 0.15) is 56.6 Å². The van der Waals surface area contributed by atoms with Gasteiger partial charge in [0.2, 0.25) is 15.9 Å². The lowest BCUT2D eigenvalue weighted by molar-refractivity contribution is -0.128. The Kier molecular flexibility index (Phi) is 14.1. The van der Waals surface area contributed by atoms with Crippen molar-refractivity contribution in [3.8, 4) is 0 Å². The predicted octanol–water partition coefficient (Wildman–Crippen LogP) is 3.47. The first-order valence-corrected chi connectivity index (χ1v) is 18.7. The number of nitrogens with one attached hydrogen (secondary N) is 1. The topological polar surface area (TPSA) is 176 Å². The van der Waals surface area contributed by atoms with E-state index in [4.69, 9.17) is 5.21 Å². The van der Waals surface area contributed by atoms with Crippen molar-refractivity contribution >= 4 is 28.2 Å². The summed E-state index contributed by atoms with van der Waals surface area (Å²) in [7, 11) is -4.07. The fraction of sp³-hybridized carbons (Fsp3) is 0.459. The van der Waals surface area contributed by atoms with Gasteiger partial charge in [0.15, 0.2) is 0 Å². The Balaban J connectivity index is 1.59. The van der Waals surface area contributed by atoms with Crippen molar-refractivity contribution in [2.75, 3.05) is 26.2 Å². The van der Waals surface area contributed by atoms with Gasteiger partial charge in [0, 0.05) is 26.2 Å². The molecule has 1 aromatic heterocycles. The Hall–Kier alpha value is -4.37. The number of carbonyl (C=O) groups excluding carboxylic acids is 2. The van der Waals surface area contributed by atoms with Gasteiger partial charge in [-0.1, -0.05) is 87.8 Å². The van der Waals surface area contributed by atoms with Crippen LogP contribution in [0.4, 0.5) is 4.79 Å². The van der Waals surface area contributed by atoms with Gasteiger partial charge in [-0.25, -0.2) is 13.2 Å². The summed E-state index contributed by atoms with van der Waals surface area (Å²) in [5.41, 5.74) is 2.48. The molecule has 51 heavy (non-hydrogen) atoms. The van der Waals surface area contributed by atoms with Gasteiger partial charge in [-0.15, -0.1) is 0 Å². The van der Waals surface area contributed by atoms with E-state index in [0.29, 0.717) is 36.5 Å². The zero-order chi connectivity index (χ0) is 37.1. The summed E-state index contributed by atoms with van der Waals surface area (Å²) in [6.45, 7) is 8.16. The number of rotatable bonds is 18. The van der Waals surface area contributed by atoms with Crippen molar-refractivity contribution in [3.05, 3.63) is 95.3 Å². The monoisotopic (exact) mass is 722 g/mol. The van der Waals surface area contributed by atoms with E-state index >= 15 is 0 Å². The minimum absolute atomic E-state index is 0.0151. The van der Waals surface area contributed by atoms with Crippen LogP contribution in [0, 0.1) is 11.8 Å². The lowest BCUT2D eigenvalue weighted by Crippen LogP contribution is -2.57. The first-order chi connectivity index (χ1) is 24.4. The Morgan fingerprint density at radius 1 is 1.00 bits per heavy atom. The molecule has 4 atom stereocenters. The molecule has 4 N–H and O–H groups in total. The van der Waals surface area contributed by atoms with E-state index < -0.39 is 34.1 Å². The van der Waals surface area contributed by atoms with E-state index in [9.17, 15) is 28.2 Å². The molecule has 1 saturated heterocycles. The van der Waals surface area contributed by atoms with E-state index in [-0.39, 0.29) is 55.4 Å². The molecule has 3 aromatic rings. The van der Waals surface area contributed by atoms with Crippen LogP contribution in [0.15, 0.2) is 82.8 Å². The number of pyridine rings is 1. The van der Waals surface area contributed by atoms with Crippen molar-refractivity contribution < 1.29 is 33.4 Å². The fourth-order valence-corrected chi connectivity index (χ4v) is 7.83. The first-order valence-electron chi connectivity index (χ1n) is 17.3. The van der Waals surface area contributed by atoms with E-state index in [1.807, 2.05) is 58.0 Å². The fourth-order valence-electron chi connectivity index (χ4n) is 6.21. The van der Waals surface area contributed by atoms with Gasteiger partial charge in [-0.3, -0.25) is 9.78 Å². The number of aromatic nitrogens is 1. The average Bonchev–Trinajstić information content (AvgIpc) is 3.46. The van der Waals surface area contributed by atoms with Gasteiger partial charge >= 0.3 is 6.03 Å². The minimum Gasteiger partial charge on any atom is -0.411 e. The van der Waals surface area contributed by atoms with Gasteiger partial charge in [-0.05, 0) is 53.6 Å². The van der Waals surface area contributed by atoms with Crippen LogP contribution in [0.3, 0.4) is 0 Å². The summed E-state index contributed by atoms with van der Waals surface area (Å²) in [5, 5.41) is 36.1. The summed E-state index contributed by atoms with van der Waals surface area (Å²) >= 11 is 0. The highest BCUT2D eigenvalue weighted by Crippen LogP contribution is 2.24. The lowest BCUT2D eigenvalue weighted by Gasteiger charge is -2.35. The summed E-state index contributed by atoms with van der Waals surface area (Å²) in [6, 6.07) is 18.4. The molecule has 13 nitrogen and oxygen atoms in total. The Labute approximate surface area is 300 Å². The normalized spacial score (nSPS) is 16.2. The van der Waals surface area contributed by atoms with E-state index in [0.717, 1.165) is 5.56 Å². The second-order valence-electron chi connectivity index (χ2n) is 13.4. The second-order valence-corrected chi connectivity index (χ2v) is 15.3. The van der Waals surface area contributed by atoms with Crippen LogP contribution >= 0.6 is 0 Å². The number of urea groups is 1. The molecule has 2 heterocycles. The van der Waals surface area contributed by atoms with Gasteiger partial charge in [-0.2, -0.15) is 4.31 Å². The van der Waals surface area contributed by atoms with Crippen LogP contribution < -0.4 is 5.32 Å². The molecule has 2 aromatic carbocycles. The van der Waals surface area contributed by atoms with Gasteiger partial charge in [0.05, 0.1) is 47.8 Å². The number of hydrogen-bond donors (Lipinski definition) is 4. The van der Waals surface area contributed by atoms with E-state index in [1.54, 1.807) is 28.0 Å². The maximum absolute atomic E-state index is 14.3. The van der Waals surface area contributed by atoms with Gasteiger partial charge in [0.1, 0.15) is 6.04 Å². The summed E-state index contributed by atoms with van der Waals surface area (Å²) in [4.78, 5) is 35.6. The summed E-state index contributed by atoms with van der Waals surface area (Å²) in [6.07, 6.45) is 0.712. The molecule has 0 spiro atoms. The smallest absolute Gasteiger partial charge is 0.321 e. The Morgan fingerprint density at radius 3 is 2.31 bits per heavy atom. The van der Waals surface area contributed by atoms with Crippen molar-refractivity contribution in [1.82, 2.24) is 24.4 Å². The molecule has 0 radical (unpaired) electrons. The zero-order valence-corrected chi connectivity index (χ0v) is 30.5. The number of aliphatic hydroxyl groups is 2. The standard InChI is InChI=1S/C37H50N6O7S/c1-5-27(4)35(43-19-18-41(37(43)47)23-30-12-9-13-31(25-44)39-30)36(46)40-33(20-28-10-7-6-8-11-28)34(45)24-42(22-26(2)3)51(49,50)32-16-14-29(15-17-32)21-38-48/h6-17,21,26-27,33-35,44-45,48H,5,18-20,22-25H2,1-4H3,(H,40,46)/b38-21+/t27?,33-,34+,35?/m0/s1. The molecule has 1 aliphatic rings. The largest absolute Gasteiger partial charge is 0.411 e. The molecule has 2 unspecified atom stereocenters. The highest BCUT2D eigenvalue weighted by molar-refractivity contribution is 7.89. The van der Waals surface area contributed by atoms with Gasteiger partial charge in [0.25, 0.3) is 0 Å². The van der Waals surface area contributed by atoms with Crippen molar-refractivity contribution in [2.24, 2.45) is 17.0 Å². The predicted molar refractivity (Wildman–Crippen MR) is 193 cm³/mol. The van der Waals surface area contributed by atoms with Crippen molar-refractivity contribution in [3.63, 3.8) is 0 Å². The highest BCUT2D eigenvalue weighted by Gasteiger charge is 2.41. The Morgan fingerprint density at radius 2 is 1.69 bits per heavy atom. The molecular formula is C37H50N6O7S. The SMILES string of the molecule is CCC(C)C(C(=O)N[C@@H](Cc1ccccc1)[C@H](O)CN(CC(C)C)S(=O)(=O)c1ccc(/C=N/O)cc1)N1CCN(Cc2cccc(CO)n2)C1=O. The van der Waals surface area contributed by atoms with Crippen LogP contribution in [0.2, 0.25) is 0 Å². The molecule has 276 valence electrons. The van der Waals surface area contributed by atoms with Gasteiger partial charge < -0.3 is 30.5 Å². The van der Waals surface area contributed by atoms with E-state index in [2.05, 4.69) is 15.5 Å². The third-order valence-electron chi connectivity index (χ3n) is 9.07. The summed E-state index contributed by atoms with van der Waals surface area (Å²) in [5.74, 6) is -0.731. The number of oxime groups is 1. The number of benzene rings is 2. The third-order valence-corrected chi connectivity index (χ3v) is 10.9. The number of sulfonamides is 1. The van der Waals surface area contributed by atoms with Crippen LogP contribution in [-0.2, 0) is 34.4 Å². The molecule has 1 fully saturated rings. The maximum Gasteiger partial charge on any atom is 0.321 e. The van der Waals surface area contributed by atoms with Crippen LogP contribution in [-0.4, -0.2) is 105 Å². The zero-order valence-electron chi connectivity index (χ0n) is 29.7. The molecule has 0 bridgehead atoms. The van der Waals surface area contributed by atoms with Crippen LogP contribution in [0.25, 0.3) is 0 Å². The molecule has 1 aliphatic heterocycles. The number of nitrogens with zero attached hydrogens (tertiary/aromatic N) is 5. The highest BCUT2D eigenvalue weighted by atomic mass is 32.2. The quantitative estimate of drug-likeness (QED) is 0.0877. The first kappa shape index (κ1) is 39.4.